The van der Waals surface area contributed by atoms with Crippen molar-refractivity contribution >= 4 is 0 Å². The van der Waals surface area contributed by atoms with E-state index in [1.54, 1.807) is 6.20 Å². The van der Waals surface area contributed by atoms with Gasteiger partial charge in [-0.15, -0.1) is 0 Å². The zero-order valence-corrected chi connectivity index (χ0v) is 8.44. The molecule has 1 atom stereocenters. The molecular weight excluding hydrogens is 166 g/mol. The van der Waals surface area contributed by atoms with Crippen molar-refractivity contribution in [1.82, 2.24) is 14.7 Å². The van der Waals surface area contributed by atoms with Crippen molar-refractivity contribution in [1.29, 1.82) is 0 Å². The van der Waals surface area contributed by atoms with Crippen molar-refractivity contribution in [3.05, 3.63) is 18.0 Å². The third-order valence-electron chi connectivity index (χ3n) is 1.93. The predicted molar refractivity (Wildman–Crippen MR) is 51.4 cm³/mol. The lowest BCUT2D eigenvalue weighted by atomic mass is 10.2. The summed E-state index contributed by atoms with van der Waals surface area (Å²) in [6.45, 7) is 3.44. The Bertz CT molecular complexity index is 257. The van der Waals surface area contributed by atoms with E-state index in [1.807, 2.05) is 36.7 Å². The third-order valence-corrected chi connectivity index (χ3v) is 1.93. The minimum atomic E-state index is -0.447. The van der Waals surface area contributed by atoms with Crippen LogP contribution in [0, 0.1) is 0 Å². The van der Waals surface area contributed by atoms with Gasteiger partial charge in [0.25, 0.3) is 0 Å². The molecule has 0 spiro atoms. The van der Waals surface area contributed by atoms with Gasteiger partial charge in [0.05, 0.1) is 5.69 Å². The summed E-state index contributed by atoms with van der Waals surface area (Å²) in [5.41, 5.74) is 0.885. The van der Waals surface area contributed by atoms with E-state index in [4.69, 9.17) is 0 Å². The van der Waals surface area contributed by atoms with Crippen LogP contribution in [0.15, 0.2) is 12.3 Å². The number of aryl methyl sites for hydroxylation is 1. The van der Waals surface area contributed by atoms with Crippen LogP contribution in [0.1, 0.15) is 18.7 Å². The number of aromatic nitrogens is 2. The molecule has 0 aliphatic rings. The zero-order chi connectivity index (χ0) is 9.84. The van der Waals surface area contributed by atoms with E-state index < -0.39 is 6.10 Å². The highest BCUT2D eigenvalue weighted by atomic mass is 16.3. The Morgan fingerprint density at radius 1 is 1.62 bits per heavy atom. The molecular formula is C9H17N3O. The van der Waals surface area contributed by atoms with Gasteiger partial charge in [0.15, 0.2) is 0 Å². The Morgan fingerprint density at radius 2 is 2.31 bits per heavy atom. The number of rotatable bonds is 4. The summed E-state index contributed by atoms with van der Waals surface area (Å²) in [5.74, 6) is 0. The van der Waals surface area contributed by atoms with Gasteiger partial charge in [-0.3, -0.25) is 4.68 Å². The fraction of sp³-hybridized carbons (Fsp3) is 0.667. The van der Waals surface area contributed by atoms with Crippen LogP contribution in [0.5, 0.6) is 0 Å². The van der Waals surface area contributed by atoms with Gasteiger partial charge in [0.2, 0.25) is 0 Å². The number of aliphatic hydroxyl groups is 1. The monoisotopic (exact) mass is 183 g/mol. The van der Waals surface area contributed by atoms with Crippen LogP contribution in [-0.2, 0) is 6.54 Å². The van der Waals surface area contributed by atoms with Crippen molar-refractivity contribution in [2.45, 2.75) is 19.6 Å². The summed E-state index contributed by atoms with van der Waals surface area (Å²) < 4.78 is 1.81. The van der Waals surface area contributed by atoms with Crippen LogP contribution in [-0.4, -0.2) is 40.4 Å². The van der Waals surface area contributed by atoms with Gasteiger partial charge in [-0.25, -0.2) is 0 Å². The van der Waals surface area contributed by atoms with Gasteiger partial charge in [0.1, 0.15) is 6.10 Å². The molecule has 0 fully saturated rings. The van der Waals surface area contributed by atoms with E-state index in [-0.39, 0.29) is 0 Å². The Hall–Kier alpha value is -0.870. The molecule has 0 bridgehead atoms. The van der Waals surface area contributed by atoms with E-state index in [9.17, 15) is 5.11 Å². The number of likely N-dealkylation sites (N-methyl/N-ethyl adjacent to an activating group) is 1. The van der Waals surface area contributed by atoms with Crippen LogP contribution < -0.4 is 0 Å². The van der Waals surface area contributed by atoms with E-state index in [2.05, 4.69) is 5.10 Å². The van der Waals surface area contributed by atoms with E-state index >= 15 is 0 Å². The highest BCUT2D eigenvalue weighted by Gasteiger charge is 2.12. The zero-order valence-electron chi connectivity index (χ0n) is 8.44. The Morgan fingerprint density at radius 3 is 2.85 bits per heavy atom. The lowest BCUT2D eigenvalue weighted by Crippen LogP contribution is -2.22. The average Bonchev–Trinajstić information content (AvgIpc) is 2.49. The smallest absolute Gasteiger partial charge is 0.108 e. The van der Waals surface area contributed by atoms with Crippen molar-refractivity contribution < 1.29 is 5.11 Å². The molecule has 0 aliphatic carbocycles. The van der Waals surface area contributed by atoms with E-state index in [0.29, 0.717) is 6.54 Å². The number of aliphatic hydroxyl groups excluding tert-OH is 1. The Labute approximate surface area is 78.8 Å². The first-order valence-electron chi connectivity index (χ1n) is 4.49. The average molecular weight is 183 g/mol. The summed E-state index contributed by atoms with van der Waals surface area (Å²) in [6.07, 6.45) is 1.27. The normalized spacial score (nSPS) is 13.6. The SMILES string of the molecule is CCn1nccc1C(O)CN(C)C. The van der Waals surface area contributed by atoms with E-state index in [0.717, 1.165) is 12.2 Å². The van der Waals surface area contributed by atoms with Gasteiger partial charge in [0, 0.05) is 19.3 Å². The van der Waals surface area contributed by atoms with Gasteiger partial charge in [-0.2, -0.15) is 5.10 Å². The molecule has 13 heavy (non-hydrogen) atoms. The lowest BCUT2D eigenvalue weighted by Gasteiger charge is -2.16. The standard InChI is InChI=1S/C9H17N3O/c1-4-12-8(5-6-10-12)9(13)7-11(2)3/h5-6,9,13H,4,7H2,1-3H3. The third kappa shape index (κ3) is 2.54. The molecule has 0 radical (unpaired) electrons. The molecule has 1 aromatic rings. The molecule has 4 heteroatoms. The first-order valence-corrected chi connectivity index (χ1v) is 4.49. The molecule has 0 aliphatic heterocycles. The van der Waals surface area contributed by atoms with Crippen molar-refractivity contribution in [3.63, 3.8) is 0 Å². The van der Waals surface area contributed by atoms with Crippen molar-refractivity contribution in [2.24, 2.45) is 0 Å². The minimum absolute atomic E-state index is 0.447. The fourth-order valence-corrected chi connectivity index (χ4v) is 1.33. The van der Waals surface area contributed by atoms with Gasteiger partial charge in [-0.1, -0.05) is 0 Å². The Balaban J connectivity index is 2.69. The second kappa shape index (κ2) is 4.39. The number of hydrogen-bond donors (Lipinski definition) is 1. The second-order valence-electron chi connectivity index (χ2n) is 3.35. The lowest BCUT2D eigenvalue weighted by molar-refractivity contribution is 0.129. The maximum Gasteiger partial charge on any atom is 0.108 e. The summed E-state index contributed by atoms with van der Waals surface area (Å²) in [6, 6.07) is 1.86. The van der Waals surface area contributed by atoms with Crippen molar-refractivity contribution in [3.8, 4) is 0 Å². The van der Waals surface area contributed by atoms with E-state index in [1.165, 1.54) is 0 Å². The largest absolute Gasteiger partial charge is 0.385 e. The predicted octanol–water partition coefficient (Wildman–Crippen LogP) is 0.498. The summed E-state index contributed by atoms with van der Waals surface area (Å²) in [7, 11) is 3.88. The minimum Gasteiger partial charge on any atom is -0.385 e. The topological polar surface area (TPSA) is 41.3 Å². The van der Waals surface area contributed by atoms with Gasteiger partial charge in [-0.05, 0) is 27.1 Å². The molecule has 74 valence electrons. The van der Waals surface area contributed by atoms with Crippen LogP contribution in [0.2, 0.25) is 0 Å². The highest BCUT2D eigenvalue weighted by Crippen LogP contribution is 2.12. The molecule has 0 amide bonds. The van der Waals surface area contributed by atoms with Crippen LogP contribution >= 0.6 is 0 Å². The first kappa shape index (κ1) is 10.2. The quantitative estimate of drug-likeness (QED) is 0.739. The fourth-order valence-electron chi connectivity index (χ4n) is 1.33. The molecule has 1 aromatic heterocycles. The Kier molecular flexibility index (Phi) is 3.45. The highest BCUT2D eigenvalue weighted by molar-refractivity contribution is 5.04. The molecule has 1 rings (SSSR count). The molecule has 1 N–H and O–H groups in total. The second-order valence-corrected chi connectivity index (χ2v) is 3.35. The summed E-state index contributed by atoms with van der Waals surface area (Å²) in [4.78, 5) is 1.96. The number of nitrogens with zero attached hydrogens (tertiary/aromatic N) is 3. The van der Waals surface area contributed by atoms with Crippen LogP contribution in [0.25, 0.3) is 0 Å². The van der Waals surface area contributed by atoms with Crippen LogP contribution in [0.3, 0.4) is 0 Å². The molecule has 1 unspecified atom stereocenters. The summed E-state index contributed by atoms with van der Waals surface area (Å²) in [5, 5.41) is 13.9. The molecule has 4 nitrogen and oxygen atoms in total. The molecule has 0 aromatic carbocycles. The van der Waals surface area contributed by atoms with Gasteiger partial charge < -0.3 is 10.0 Å². The van der Waals surface area contributed by atoms with Crippen LogP contribution in [0.4, 0.5) is 0 Å². The summed E-state index contributed by atoms with van der Waals surface area (Å²) >= 11 is 0. The van der Waals surface area contributed by atoms with Crippen molar-refractivity contribution in [2.75, 3.05) is 20.6 Å². The number of hydrogen-bond acceptors (Lipinski definition) is 3. The maximum atomic E-state index is 9.79. The van der Waals surface area contributed by atoms with Gasteiger partial charge >= 0.3 is 0 Å². The molecule has 0 saturated carbocycles. The maximum absolute atomic E-state index is 9.79. The molecule has 1 heterocycles. The first-order chi connectivity index (χ1) is 6.15. The molecule has 0 saturated heterocycles.